The Kier molecular flexibility index (Phi) is 6.56. The number of non-ortho nitro benzene ring substituents is 1. The van der Waals surface area contributed by atoms with Crippen molar-refractivity contribution in [3.05, 3.63) is 69.6 Å². The minimum atomic E-state index is -4.19. The van der Waals surface area contributed by atoms with Crippen molar-refractivity contribution in [1.82, 2.24) is 0 Å². The second-order valence-corrected chi connectivity index (χ2v) is 8.72. The van der Waals surface area contributed by atoms with Gasteiger partial charge in [0, 0.05) is 23.1 Å². The van der Waals surface area contributed by atoms with Gasteiger partial charge >= 0.3 is 5.97 Å². The zero-order valence-corrected chi connectivity index (χ0v) is 18.2. The van der Waals surface area contributed by atoms with E-state index < -0.39 is 20.9 Å². The van der Waals surface area contributed by atoms with Crippen LogP contribution in [0.1, 0.15) is 17.3 Å². The molecule has 1 heterocycles. The molecule has 0 atom stereocenters. The van der Waals surface area contributed by atoms with Crippen LogP contribution < -0.4 is 9.46 Å². The first-order valence-corrected chi connectivity index (χ1v) is 11.3. The summed E-state index contributed by atoms with van der Waals surface area (Å²) < 4.78 is 38.3. The minimum absolute atomic E-state index is 0.0516. The van der Waals surface area contributed by atoms with E-state index in [1.54, 1.807) is 36.6 Å². The Morgan fingerprint density at radius 3 is 2.52 bits per heavy atom. The summed E-state index contributed by atoms with van der Waals surface area (Å²) in [5, 5.41) is 12.7. The SMILES string of the molecule is CCOC(=O)c1c(-c2ccc(OC)cc2)csc1NS(=O)(=O)c1cccc([N+](=O)[O-])c1. The molecule has 0 bridgehead atoms. The van der Waals surface area contributed by atoms with E-state index in [-0.39, 0.29) is 27.8 Å². The first-order valence-electron chi connectivity index (χ1n) is 8.97. The number of esters is 1. The summed E-state index contributed by atoms with van der Waals surface area (Å²) in [5.41, 5.74) is 0.855. The van der Waals surface area contributed by atoms with E-state index in [4.69, 9.17) is 9.47 Å². The van der Waals surface area contributed by atoms with Gasteiger partial charge in [-0.1, -0.05) is 18.2 Å². The van der Waals surface area contributed by atoms with Crippen LogP contribution in [-0.4, -0.2) is 33.0 Å². The van der Waals surface area contributed by atoms with Crippen molar-refractivity contribution >= 4 is 38.0 Å². The molecule has 0 spiro atoms. The number of rotatable bonds is 8. The van der Waals surface area contributed by atoms with E-state index in [0.717, 1.165) is 17.4 Å². The number of sulfonamides is 1. The number of hydrogen-bond acceptors (Lipinski definition) is 8. The predicted molar refractivity (Wildman–Crippen MR) is 116 cm³/mol. The summed E-state index contributed by atoms with van der Waals surface area (Å²) in [7, 11) is -2.66. The van der Waals surface area contributed by atoms with E-state index in [1.807, 2.05) is 0 Å². The van der Waals surface area contributed by atoms with Crippen LogP contribution >= 0.6 is 11.3 Å². The molecule has 1 N–H and O–H groups in total. The van der Waals surface area contributed by atoms with E-state index in [9.17, 15) is 23.3 Å². The fraction of sp³-hybridized carbons (Fsp3) is 0.150. The second kappa shape index (κ2) is 9.14. The summed E-state index contributed by atoms with van der Waals surface area (Å²) in [5.74, 6) is -0.0606. The third-order valence-electron chi connectivity index (χ3n) is 4.24. The monoisotopic (exact) mass is 462 g/mol. The number of methoxy groups -OCH3 is 1. The van der Waals surface area contributed by atoms with Crippen LogP contribution in [0.5, 0.6) is 5.75 Å². The maximum absolute atomic E-state index is 12.8. The standard InChI is InChI=1S/C20H18N2O7S2/c1-3-29-20(23)18-17(13-7-9-15(28-2)10-8-13)12-30-19(18)21-31(26,27)16-6-4-5-14(11-16)22(24)25/h4-12,21H,3H2,1-2H3. The Morgan fingerprint density at radius 1 is 1.19 bits per heavy atom. The third kappa shape index (κ3) is 4.84. The molecular formula is C20H18N2O7S2. The number of benzene rings is 2. The molecular weight excluding hydrogens is 444 g/mol. The van der Waals surface area contributed by atoms with Crippen molar-refractivity contribution in [3.8, 4) is 16.9 Å². The van der Waals surface area contributed by atoms with Crippen LogP contribution in [0.4, 0.5) is 10.7 Å². The van der Waals surface area contributed by atoms with Gasteiger partial charge in [0.2, 0.25) is 0 Å². The molecule has 0 aliphatic heterocycles. The van der Waals surface area contributed by atoms with Gasteiger partial charge in [-0.3, -0.25) is 14.8 Å². The van der Waals surface area contributed by atoms with Crippen molar-refractivity contribution in [2.45, 2.75) is 11.8 Å². The summed E-state index contributed by atoms with van der Waals surface area (Å²) in [6.07, 6.45) is 0. The lowest BCUT2D eigenvalue weighted by molar-refractivity contribution is -0.385. The highest BCUT2D eigenvalue weighted by Gasteiger charge is 2.26. The van der Waals surface area contributed by atoms with Gasteiger partial charge in [0.05, 0.1) is 23.5 Å². The lowest BCUT2D eigenvalue weighted by atomic mass is 10.0. The Morgan fingerprint density at radius 2 is 1.90 bits per heavy atom. The van der Waals surface area contributed by atoms with Gasteiger partial charge in [-0.15, -0.1) is 11.3 Å². The first kappa shape index (κ1) is 22.2. The van der Waals surface area contributed by atoms with Crippen LogP contribution in [-0.2, 0) is 14.8 Å². The van der Waals surface area contributed by atoms with Gasteiger partial charge in [0.1, 0.15) is 16.3 Å². The number of nitro benzene ring substituents is 1. The molecule has 0 saturated carbocycles. The topological polar surface area (TPSA) is 125 Å². The molecule has 0 aliphatic rings. The van der Waals surface area contributed by atoms with Crippen molar-refractivity contribution in [1.29, 1.82) is 0 Å². The molecule has 0 saturated heterocycles. The molecule has 0 unspecified atom stereocenters. The molecule has 162 valence electrons. The summed E-state index contributed by atoms with van der Waals surface area (Å²) >= 11 is 1.01. The van der Waals surface area contributed by atoms with Gasteiger partial charge in [-0.25, -0.2) is 13.2 Å². The molecule has 0 fully saturated rings. The van der Waals surface area contributed by atoms with E-state index >= 15 is 0 Å². The normalized spacial score (nSPS) is 11.0. The summed E-state index contributed by atoms with van der Waals surface area (Å²) in [4.78, 5) is 22.6. The van der Waals surface area contributed by atoms with E-state index in [1.165, 1.54) is 25.3 Å². The average Bonchev–Trinajstić information content (AvgIpc) is 3.17. The molecule has 3 rings (SSSR count). The van der Waals surface area contributed by atoms with Crippen LogP contribution in [0.15, 0.2) is 58.8 Å². The number of anilines is 1. The van der Waals surface area contributed by atoms with Crippen LogP contribution in [0, 0.1) is 10.1 Å². The Labute approximate surface area is 182 Å². The van der Waals surface area contributed by atoms with Crippen LogP contribution in [0.3, 0.4) is 0 Å². The zero-order valence-electron chi connectivity index (χ0n) is 16.5. The first-order chi connectivity index (χ1) is 14.8. The fourth-order valence-corrected chi connectivity index (χ4v) is 5.09. The average molecular weight is 463 g/mol. The summed E-state index contributed by atoms with van der Waals surface area (Å²) in [6.45, 7) is 1.75. The largest absolute Gasteiger partial charge is 0.497 e. The second-order valence-electron chi connectivity index (χ2n) is 6.16. The Hall–Kier alpha value is -3.44. The van der Waals surface area contributed by atoms with E-state index in [0.29, 0.717) is 16.9 Å². The molecule has 0 amide bonds. The summed E-state index contributed by atoms with van der Waals surface area (Å²) in [6, 6.07) is 11.6. The fourth-order valence-electron chi connectivity index (χ4n) is 2.77. The van der Waals surface area contributed by atoms with Gasteiger partial charge in [-0.2, -0.15) is 0 Å². The van der Waals surface area contributed by atoms with Gasteiger partial charge in [-0.05, 0) is 30.7 Å². The molecule has 0 aliphatic carbocycles. The quantitative estimate of drug-likeness (QED) is 0.300. The number of nitrogens with one attached hydrogen (secondary N) is 1. The molecule has 9 nitrogen and oxygen atoms in total. The smallest absolute Gasteiger partial charge is 0.341 e. The van der Waals surface area contributed by atoms with Crippen molar-refractivity contribution in [3.63, 3.8) is 0 Å². The lowest BCUT2D eigenvalue weighted by Crippen LogP contribution is -2.15. The van der Waals surface area contributed by atoms with Crippen molar-refractivity contribution in [2.24, 2.45) is 0 Å². The molecule has 31 heavy (non-hydrogen) atoms. The van der Waals surface area contributed by atoms with Crippen LogP contribution in [0.2, 0.25) is 0 Å². The number of thiophene rings is 1. The lowest BCUT2D eigenvalue weighted by Gasteiger charge is -2.10. The molecule has 3 aromatic rings. The molecule has 1 aromatic heterocycles. The highest BCUT2D eigenvalue weighted by Crippen LogP contribution is 2.38. The predicted octanol–water partition coefficient (Wildman–Crippen LogP) is 4.31. The third-order valence-corrected chi connectivity index (χ3v) is 6.61. The molecule has 2 aromatic carbocycles. The Bertz CT molecular complexity index is 1220. The van der Waals surface area contributed by atoms with E-state index in [2.05, 4.69) is 4.72 Å². The van der Waals surface area contributed by atoms with Crippen LogP contribution in [0.25, 0.3) is 11.1 Å². The number of carbonyl (C=O) groups excluding carboxylic acids is 1. The molecule has 0 radical (unpaired) electrons. The maximum atomic E-state index is 12.8. The molecule has 11 heteroatoms. The van der Waals surface area contributed by atoms with Gasteiger partial charge in [0.15, 0.2) is 0 Å². The van der Waals surface area contributed by atoms with Gasteiger partial charge < -0.3 is 9.47 Å². The number of carbonyl (C=O) groups is 1. The van der Waals surface area contributed by atoms with Gasteiger partial charge in [0.25, 0.3) is 15.7 Å². The number of nitro groups is 1. The number of ether oxygens (including phenoxy) is 2. The van der Waals surface area contributed by atoms with Crippen molar-refractivity contribution < 1.29 is 27.6 Å². The highest BCUT2D eigenvalue weighted by atomic mass is 32.2. The number of hydrogen-bond donors (Lipinski definition) is 1. The maximum Gasteiger partial charge on any atom is 0.341 e. The van der Waals surface area contributed by atoms with Crippen molar-refractivity contribution in [2.75, 3.05) is 18.4 Å². The minimum Gasteiger partial charge on any atom is -0.497 e. The zero-order chi connectivity index (χ0) is 22.6. The number of nitrogens with zero attached hydrogens (tertiary/aromatic N) is 1. The highest BCUT2D eigenvalue weighted by molar-refractivity contribution is 7.93. The Balaban J connectivity index is 2.04.